The smallest absolute Gasteiger partial charge is 0.321 e. The van der Waals surface area contributed by atoms with Crippen LogP contribution < -0.4 is 0 Å². The number of ketones is 1. The molecule has 144 valence electrons. The van der Waals surface area contributed by atoms with E-state index in [9.17, 15) is 22.4 Å². The van der Waals surface area contributed by atoms with Gasteiger partial charge in [0.2, 0.25) is 10.0 Å². The van der Waals surface area contributed by atoms with E-state index in [2.05, 4.69) is 0 Å². The zero-order valence-corrected chi connectivity index (χ0v) is 15.8. The maximum Gasteiger partial charge on any atom is 0.321 e. The summed E-state index contributed by atoms with van der Waals surface area (Å²) in [5.41, 5.74) is 1.49. The quantitative estimate of drug-likeness (QED) is 0.508. The molecule has 0 bridgehead atoms. The van der Waals surface area contributed by atoms with Crippen molar-refractivity contribution in [3.05, 3.63) is 65.5 Å². The number of halogens is 1. The fraction of sp³-hybridized carbons (Fsp3) is 0.263. The number of nitrogens with zero attached hydrogens (tertiary/aromatic N) is 1. The highest BCUT2D eigenvalue weighted by molar-refractivity contribution is 7.89. The standard InChI is InChI=1S/C19H20FNO5S/c1-3-14-4-6-15(7-5-14)18(22)13-26-19(23)12-21(2)27(24,25)17-10-8-16(20)9-11-17/h4-11H,3,12-13H2,1-2H3. The Bertz CT molecular complexity index is 908. The number of ether oxygens (including phenoxy) is 1. The maximum atomic E-state index is 12.9. The molecule has 0 spiro atoms. The van der Waals surface area contributed by atoms with E-state index in [-0.39, 0.29) is 10.7 Å². The van der Waals surface area contributed by atoms with E-state index >= 15 is 0 Å². The normalized spacial score (nSPS) is 11.4. The lowest BCUT2D eigenvalue weighted by molar-refractivity contribution is -0.142. The van der Waals surface area contributed by atoms with Crippen LogP contribution in [0.1, 0.15) is 22.8 Å². The van der Waals surface area contributed by atoms with Crippen molar-refractivity contribution in [2.45, 2.75) is 18.2 Å². The number of carbonyl (C=O) groups is 2. The van der Waals surface area contributed by atoms with Crippen LogP contribution in [0.5, 0.6) is 0 Å². The lowest BCUT2D eigenvalue weighted by atomic mass is 10.1. The Balaban J connectivity index is 1.92. The van der Waals surface area contributed by atoms with E-state index in [1.807, 2.05) is 19.1 Å². The summed E-state index contributed by atoms with van der Waals surface area (Å²) in [7, 11) is -2.77. The van der Waals surface area contributed by atoms with E-state index in [4.69, 9.17) is 4.74 Å². The molecule has 2 aromatic rings. The molecule has 0 atom stereocenters. The number of hydrogen-bond donors (Lipinski definition) is 0. The minimum atomic E-state index is -3.97. The minimum absolute atomic E-state index is 0.147. The number of rotatable bonds is 8. The number of likely N-dealkylation sites (N-methyl/N-ethyl adjacent to an activating group) is 1. The molecule has 0 saturated heterocycles. The van der Waals surface area contributed by atoms with Gasteiger partial charge in [0.1, 0.15) is 12.4 Å². The van der Waals surface area contributed by atoms with Crippen molar-refractivity contribution in [2.24, 2.45) is 0 Å². The first-order valence-corrected chi connectivity index (χ1v) is 9.67. The van der Waals surface area contributed by atoms with Crippen LogP contribution in [0.15, 0.2) is 53.4 Å². The van der Waals surface area contributed by atoms with Gasteiger partial charge < -0.3 is 4.74 Å². The number of carbonyl (C=O) groups excluding carboxylic acids is 2. The van der Waals surface area contributed by atoms with E-state index in [0.717, 1.165) is 40.6 Å². The molecule has 0 amide bonds. The molecule has 0 fully saturated rings. The third kappa shape index (κ3) is 5.45. The zero-order chi connectivity index (χ0) is 20.0. The van der Waals surface area contributed by atoms with Crippen LogP contribution in [-0.2, 0) is 26.0 Å². The van der Waals surface area contributed by atoms with Crippen LogP contribution >= 0.6 is 0 Å². The summed E-state index contributed by atoms with van der Waals surface area (Å²) in [6.07, 6.45) is 0.846. The van der Waals surface area contributed by atoms with E-state index < -0.39 is 35.0 Å². The van der Waals surface area contributed by atoms with Gasteiger partial charge in [-0.05, 0) is 36.2 Å². The number of Topliss-reactive ketones (excluding diaryl/α,β-unsaturated/α-hetero) is 1. The van der Waals surface area contributed by atoms with Crippen molar-refractivity contribution < 1.29 is 27.1 Å². The van der Waals surface area contributed by atoms with Crippen LogP contribution in [0.25, 0.3) is 0 Å². The van der Waals surface area contributed by atoms with Gasteiger partial charge in [-0.15, -0.1) is 0 Å². The molecule has 0 aromatic heterocycles. The number of esters is 1. The van der Waals surface area contributed by atoms with Crippen LogP contribution in [0.4, 0.5) is 4.39 Å². The summed E-state index contributed by atoms with van der Waals surface area (Å²) >= 11 is 0. The fourth-order valence-corrected chi connectivity index (χ4v) is 3.37. The lowest BCUT2D eigenvalue weighted by Crippen LogP contribution is -2.33. The Kier molecular flexibility index (Phi) is 6.81. The van der Waals surface area contributed by atoms with E-state index in [0.29, 0.717) is 5.56 Å². The second-order valence-electron chi connectivity index (χ2n) is 5.85. The number of aryl methyl sites for hydroxylation is 1. The van der Waals surface area contributed by atoms with Crippen LogP contribution in [0, 0.1) is 5.82 Å². The Morgan fingerprint density at radius 3 is 2.19 bits per heavy atom. The first kappa shape index (κ1) is 20.7. The van der Waals surface area contributed by atoms with Gasteiger partial charge in [-0.3, -0.25) is 9.59 Å². The van der Waals surface area contributed by atoms with Crippen molar-refractivity contribution >= 4 is 21.8 Å². The largest absolute Gasteiger partial charge is 0.456 e. The molecule has 0 saturated carbocycles. The molecule has 8 heteroatoms. The number of hydrogen-bond acceptors (Lipinski definition) is 5. The summed E-state index contributed by atoms with van der Waals surface area (Å²) in [5, 5.41) is 0. The van der Waals surface area contributed by atoms with Gasteiger partial charge in [-0.25, -0.2) is 12.8 Å². The highest BCUT2D eigenvalue weighted by atomic mass is 32.2. The predicted molar refractivity (Wildman–Crippen MR) is 97.3 cm³/mol. The van der Waals surface area contributed by atoms with Gasteiger partial charge in [0.25, 0.3) is 0 Å². The van der Waals surface area contributed by atoms with Crippen LogP contribution in [-0.4, -0.2) is 44.7 Å². The van der Waals surface area contributed by atoms with Gasteiger partial charge in [0.15, 0.2) is 12.4 Å². The Morgan fingerprint density at radius 2 is 1.63 bits per heavy atom. The lowest BCUT2D eigenvalue weighted by Gasteiger charge is -2.16. The monoisotopic (exact) mass is 393 g/mol. The molecule has 6 nitrogen and oxygen atoms in total. The summed E-state index contributed by atoms with van der Waals surface area (Å²) in [4.78, 5) is 23.8. The number of sulfonamides is 1. The first-order chi connectivity index (χ1) is 12.7. The van der Waals surface area contributed by atoms with Gasteiger partial charge in [-0.1, -0.05) is 31.2 Å². The molecule has 0 N–H and O–H groups in total. The zero-order valence-electron chi connectivity index (χ0n) is 15.0. The molecule has 0 unspecified atom stereocenters. The van der Waals surface area contributed by atoms with Crippen molar-refractivity contribution in [3.8, 4) is 0 Å². The average molecular weight is 393 g/mol. The highest BCUT2D eigenvalue weighted by Crippen LogP contribution is 2.14. The average Bonchev–Trinajstić information content (AvgIpc) is 2.66. The van der Waals surface area contributed by atoms with Crippen molar-refractivity contribution in [2.75, 3.05) is 20.2 Å². The molecule has 0 radical (unpaired) electrons. The first-order valence-electron chi connectivity index (χ1n) is 8.23. The number of benzene rings is 2. The van der Waals surface area contributed by atoms with Gasteiger partial charge in [0.05, 0.1) is 4.90 Å². The fourth-order valence-electron chi connectivity index (χ4n) is 2.25. The van der Waals surface area contributed by atoms with E-state index in [1.54, 1.807) is 12.1 Å². The summed E-state index contributed by atoms with van der Waals surface area (Å²) < 4.78 is 43.2. The maximum absolute atomic E-state index is 12.9. The second kappa shape index (κ2) is 8.88. The molecular weight excluding hydrogens is 373 g/mol. The Hall–Kier alpha value is -2.58. The molecule has 0 aliphatic heterocycles. The van der Waals surface area contributed by atoms with Crippen molar-refractivity contribution in [1.82, 2.24) is 4.31 Å². The third-order valence-corrected chi connectivity index (χ3v) is 5.74. The molecule has 0 aliphatic carbocycles. The molecule has 0 heterocycles. The Morgan fingerprint density at radius 1 is 1.04 bits per heavy atom. The highest BCUT2D eigenvalue weighted by Gasteiger charge is 2.24. The van der Waals surface area contributed by atoms with Gasteiger partial charge in [0, 0.05) is 12.6 Å². The summed E-state index contributed by atoms with van der Waals surface area (Å²) in [6.45, 7) is 0.950. The van der Waals surface area contributed by atoms with Crippen molar-refractivity contribution in [3.63, 3.8) is 0 Å². The van der Waals surface area contributed by atoms with E-state index in [1.165, 1.54) is 7.05 Å². The van der Waals surface area contributed by atoms with Crippen LogP contribution in [0.3, 0.4) is 0 Å². The predicted octanol–water partition coefficient (Wildman–Crippen LogP) is 2.43. The molecule has 2 aromatic carbocycles. The van der Waals surface area contributed by atoms with Gasteiger partial charge in [-0.2, -0.15) is 4.31 Å². The van der Waals surface area contributed by atoms with Crippen molar-refractivity contribution in [1.29, 1.82) is 0 Å². The van der Waals surface area contributed by atoms with Gasteiger partial charge >= 0.3 is 5.97 Å². The molecule has 27 heavy (non-hydrogen) atoms. The van der Waals surface area contributed by atoms with Crippen LogP contribution in [0.2, 0.25) is 0 Å². The minimum Gasteiger partial charge on any atom is -0.456 e. The summed E-state index contributed by atoms with van der Waals surface area (Å²) in [6, 6.07) is 11.2. The second-order valence-corrected chi connectivity index (χ2v) is 7.89. The molecule has 0 aliphatic rings. The SMILES string of the molecule is CCc1ccc(C(=O)COC(=O)CN(C)S(=O)(=O)c2ccc(F)cc2)cc1. The summed E-state index contributed by atoms with van der Waals surface area (Å²) in [5.74, 6) is -1.81. The third-order valence-electron chi connectivity index (χ3n) is 3.92. The molecule has 2 rings (SSSR count). The molecular formula is C19H20FNO5S. The Labute approximate surface area is 157 Å². The topological polar surface area (TPSA) is 80.8 Å².